The molecule has 0 bridgehead atoms. The first-order valence-corrected chi connectivity index (χ1v) is 29.6. The molecule has 4 heterocycles. The van der Waals surface area contributed by atoms with E-state index in [1.54, 1.807) is 0 Å². The number of para-hydroxylation sites is 2. The molecule has 7 aromatic carbocycles. The maximum absolute atomic E-state index is 6.97. The van der Waals surface area contributed by atoms with Crippen molar-refractivity contribution >= 4 is 33.0 Å². The quantitative estimate of drug-likeness (QED) is 0.128. The Hall–Kier alpha value is -7.24. The molecule has 5 nitrogen and oxygen atoms in total. The summed E-state index contributed by atoms with van der Waals surface area (Å²) in [6.45, 7) is 38.6. The van der Waals surface area contributed by atoms with Gasteiger partial charge in [-0.1, -0.05) is 201 Å². The van der Waals surface area contributed by atoms with Crippen molar-refractivity contribution in [1.29, 1.82) is 0 Å². The van der Waals surface area contributed by atoms with Gasteiger partial charge in [0.25, 0.3) is 0 Å². The monoisotopic (exact) mass is 1270 g/mol. The topological polar surface area (TPSA) is 56.7 Å². The van der Waals surface area contributed by atoms with Gasteiger partial charge in [0.05, 0.1) is 28.1 Å². The van der Waals surface area contributed by atoms with Gasteiger partial charge in [-0.3, -0.25) is 9.97 Å². The van der Waals surface area contributed by atoms with Crippen molar-refractivity contribution in [2.75, 3.05) is 0 Å². The number of furan rings is 1. The number of pyridine rings is 2. The summed E-state index contributed by atoms with van der Waals surface area (Å²) < 4.78 is 9.35. The summed E-state index contributed by atoms with van der Waals surface area (Å²) >= 11 is 0. The number of aromatic nitrogens is 4. The second kappa shape index (κ2) is 23.8. The van der Waals surface area contributed by atoms with E-state index in [0.717, 1.165) is 66.9 Å². The Balaban J connectivity index is 0.000000419. The molecule has 0 saturated heterocycles. The summed E-state index contributed by atoms with van der Waals surface area (Å²) in [6, 6.07) is 61.7. The minimum atomic E-state index is -0.00879. The van der Waals surface area contributed by atoms with Crippen LogP contribution in [0.2, 0.25) is 0 Å². The van der Waals surface area contributed by atoms with Crippen molar-refractivity contribution in [2.45, 2.75) is 158 Å². The molecule has 0 aliphatic heterocycles. The predicted octanol–water partition coefficient (Wildman–Crippen LogP) is 21.7. The molecule has 1 radical (unpaired) electrons. The molecule has 0 aliphatic rings. The van der Waals surface area contributed by atoms with Crippen LogP contribution in [-0.4, -0.2) is 19.5 Å². The maximum atomic E-state index is 6.97. The van der Waals surface area contributed by atoms with Crippen LogP contribution in [0.1, 0.15) is 180 Å². The largest absolute Gasteiger partial charge is 0.500 e. The number of imidazole rings is 1. The first-order valence-electron chi connectivity index (χ1n) is 29.6. The van der Waals surface area contributed by atoms with E-state index in [2.05, 4.69) is 261 Å². The first-order chi connectivity index (χ1) is 38.8. The molecule has 0 atom stereocenters. The summed E-state index contributed by atoms with van der Waals surface area (Å²) in [6.07, 6.45) is 3.94. The molecule has 0 aliphatic carbocycles. The Kier molecular flexibility index (Phi) is 17.3. The van der Waals surface area contributed by atoms with Gasteiger partial charge in [-0.15, -0.1) is 54.1 Å². The molecule has 427 valence electrons. The van der Waals surface area contributed by atoms with Crippen LogP contribution in [0.4, 0.5) is 0 Å². The average molecular weight is 1270 g/mol. The van der Waals surface area contributed by atoms with E-state index < -0.39 is 0 Å². The molecule has 0 fully saturated rings. The Morgan fingerprint density at radius 3 is 1.55 bits per heavy atom. The van der Waals surface area contributed by atoms with Crippen molar-refractivity contribution in [3.05, 3.63) is 215 Å². The molecule has 0 saturated carbocycles. The molecule has 0 spiro atoms. The van der Waals surface area contributed by atoms with Crippen LogP contribution in [0.5, 0.6) is 0 Å². The summed E-state index contributed by atoms with van der Waals surface area (Å²) in [5.74, 6) is 2.20. The molecular weight excluding hydrogens is 1190 g/mol. The van der Waals surface area contributed by atoms with Crippen LogP contribution >= 0.6 is 0 Å². The van der Waals surface area contributed by atoms with Crippen LogP contribution < -0.4 is 0 Å². The van der Waals surface area contributed by atoms with Crippen molar-refractivity contribution in [2.24, 2.45) is 0 Å². The molecule has 0 amide bonds. The fourth-order valence-electron chi connectivity index (χ4n) is 10.9. The summed E-state index contributed by atoms with van der Waals surface area (Å²) in [4.78, 5) is 15.0. The van der Waals surface area contributed by atoms with E-state index in [1.807, 2.05) is 42.7 Å². The van der Waals surface area contributed by atoms with Gasteiger partial charge in [0.2, 0.25) is 0 Å². The average Bonchev–Trinajstić information content (AvgIpc) is 2.15. The normalized spacial score (nSPS) is 12.3. The Labute approximate surface area is 508 Å². The van der Waals surface area contributed by atoms with Gasteiger partial charge in [-0.05, 0) is 143 Å². The van der Waals surface area contributed by atoms with Crippen molar-refractivity contribution in [3.8, 4) is 61.8 Å². The molecule has 11 rings (SSSR count). The third-order valence-corrected chi connectivity index (χ3v) is 16.2. The zero-order valence-electron chi connectivity index (χ0n) is 51.9. The van der Waals surface area contributed by atoms with Gasteiger partial charge in [0.1, 0.15) is 5.58 Å². The third-order valence-electron chi connectivity index (χ3n) is 16.2. The zero-order valence-corrected chi connectivity index (χ0v) is 54.3. The van der Waals surface area contributed by atoms with Crippen molar-refractivity contribution in [3.63, 3.8) is 0 Å². The van der Waals surface area contributed by atoms with Gasteiger partial charge in [0, 0.05) is 55.2 Å². The van der Waals surface area contributed by atoms with Gasteiger partial charge in [0.15, 0.2) is 0 Å². The number of hydrogen-bond donors (Lipinski definition) is 0. The van der Waals surface area contributed by atoms with E-state index in [1.165, 1.54) is 66.9 Å². The minimum absolute atomic E-state index is 0. The minimum Gasteiger partial charge on any atom is -0.500 e. The number of fused-ring (bicyclic) bond motifs is 4. The van der Waals surface area contributed by atoms with Gasteiger partial charge in [-0.25, -0.2) is 0 Å². The van der Waals surface area contributed by atoms with Crippen LogP contribution in [0.25, 0.3) is 94.8 Å². The van der Waals surface area contributed by atoms with Crippen molar-refractivity contribution < 1.29 is 24.5 Å². The third kappa shape index (κ3) is 12.7. The first kappa shape index (κ1) is 60.4. The molecular formula is C77H82IrN4O-2. The number of hydrogen-bond acceptors (Lipinski definition) is 4. The summed E-state index contributed by atoms with van der Waals surface area (Å²) in [5.41, 5.74) is 23.8. The van der Waals surface area contributed by atoms with E-state index in [4.69, 9.17) is 14.4 Å². The molecule has 83 heavy (non-hydrogen) atoms. The predicted molar refractivity (Wildman–Crippen MR) is 348 cm³/mol. The van der Waals surface area contributed by atoms with E-state index >= 15 is 0 Å². The molecule has 0 unspecified atom stereocenters. The van der Waals surface area contributed by atoms with E-state index in [0.29, 0.717) is 11.8 Å². The second-order valence-electron chi connectivity index (χ2n) is 26.9. The molecule has 0 N–H and O–H groups in total. The number of nitrogens with zero attached hydrogens (tertiary/aromatic N) is 4. The summed E-state index contributed by atoms with van der Waals surface area (Å²) in [7, 11) is 0. The van der Waals surface area contributed by atoms with Crippen LogP contribution in [0.3, 0.4) is 0 Å². The Bertz CT molecular complexity index is 3990. The Morgan fingerprint density at radius 2 is 1.02 bits per heavy atom. The molecule has 4 aromatic heterocycles. The van der Waals surface area contributed by atoms with Gasteiger partial charge < -0.3 is 14.0 Å². The van der Waals surface area contributed by atoms with Crippen LogP contribution in [0.15, 0.2) is 168 Å². The SMILES string of the molecule is CC(C)(C)c1ccc(-c2[c-]cccc2)nc1.CC(C)c1cc(-c2ccc(-c3cc(C(C)C)c(-n4c(-c5[c-]ccc6c5oc5cc(-c7cc(C(C)(C)C)cc(C(C)(C)C)c7)ncc56)nc5ccccc54)c(C(C)C)c3)cc2)cc(C(C)C)c1.[Ir]. The standard InChI is InChI=1S/C62H66N3O.C15H16N.Ir/c1-36(2)42-26-43(37(3)4)28-44(27-42)40-22-24-41(25-23-40)45-31-51(38(5)6)58(52(32-45)39(7)8)65-56-21-16-15-20-54(56)64-60(65)50-19-17-18-49-53-35-63-55(34-57(53)66-59(49)50)46-29-47(61(9,10)11)33-48(30-46)62(12,13)14;1-15(2,3)13-9-10-14(16-11-13)12-7-5-4-6-8-12;/h15-18,20-39H,1-14H3;4-7,9-11H,1-3H3;/q2*-1;. The van der Waals surface area contributed by atoms with Gasteiger partial charge >= 0.3 is 0 Å². The summed E-state index contributed by atoms with van der Waals surface area (Å²) in [5, 5.41) is 1.97. The second-order valence-corrected chi connectivity index (χ2v) is 26.9. The Morgan fingerprint density at radius 1 is 0.458 bits per heavy atom. The smallest absolute Gasteiger partial charge is 0.124 e. The fourth-order valence-corrected chi connectivity index (χ4v) is 10.9. The van der Waals surface area contributed by atoms with E-state index in [9.17, 15) is 0 Å². The zero-order chi connectivity index (χ0) is 58.6. The fraction of sp³-hybridized carbons (Fsp3) is 0.312. The molecule has 11 aromatic rings. The van der Waals surface area contributed by atoms with Crippen LogP contribution in [-0.2, 0) is 36.4 Å². The number of benzene rings is 7. The van der Waals surface area contributed by atoms with Crippen LogP contribution in [0, 0.1) is 12.1 Å². The van der Waals surface area contributed by atoms with E-state index in [-0.39, 0.29) is 48.2 Å². The van der Waals surface area contributed by atoms with Crippen molar-refractivity contribution in [1.82, 2.24) is 19.5 Å². The van der Waals surface area contributed by atoms with Gasteiger partial charge in [-0.2, -0.15) is 0 Å². The maximum Gasteiger partial charge on any atom is 0.124 e. The molecule has 6 heteroatoms. The number of rotatable bonds is 10.